The number of nitrogens with zero attached hydrogens (tertiary/aromatic N) is 1. The normalized spacial score (nSPS) is 14.4. The molecule has 2 rings (SSSR count). The third-order valence-electron chi connectivity index (χ3n) is 3.47. The lowest BCUT2D eigenvalue weighted by atomic mass is 10.2. The number of methoxy groups -OCH3 is 1. The third-order valence-corrected chi connectivity index (χ3v) is 3.88. The van der Waals surface area contributed by atoms with Crippen LogP contribution in [0.4, 0.5) is 5.69 Å². The Morgan fingerprint density at radius 1 is 1.32 bits per heavy atom. The Labute approximate surface area is 133 Å². The fourth-order valence-corrected chi connectivity index (χ4v) is 2.38. The summed E-state index contributed by atoms with van der Waals surface area (Å²) < 4.78 is 5.18. The summed E-state index contributed by atoms with van der Waals surface area (Å²) in [6.45, 7) is 1.91. The van der Waals surface area contributed by atoms with Crippen molar-refractivity contribution in [2.75, 3.05) is 19.0 Å². The van der Waals surface area contributed by atoms with Gasteiger partial charge in [0.25, 0.3) is 0 Å². The Morgan fingerprint density at radius 3 is 2.55 bits per heavy atom. The second kappa shape index (κ2) is 6.79. The van der Waals surface area contributed by atoms with Crippen LogP contribution in [-0.4, -0.2) is 36.3 Å². The monoisotopic (exact) mass is 324 g/mol. The summed E-state index contributed by atoms with van der Waals surface area (Å²) in [5.41, 5.74) is 1.32. The van der Waals surface area contributed by atoms with Crippen LogP contribution in [0.1, 0.15) is 24.8 Å². The average Bonchev–Trinajstić information content (AvgIpc) is 2.79. The van der Waals surface area contributed by atoms with E-state index < -0.39 is 0 Å². The molecule has 1 N–H and O–H groups in total. The van der Waals surface area contributed by atoms with Gasteiger partial charge in [-0.15, -0.1) is 0 Å². The lowest BCUT2D eigenvalue weighted by Gasteiger charge is -2.15. The van der Waals surface area contributed by atoms with Gasteiger partial charge in [-0.25, -0.2) is 0 Å². The summed E-state index contributed by atoms with van der Waals surface area (Å²) in [5, 5.41) is 3.26. The van der Waals surface area contributed by atoms with Crippen LogP contribution in [0.15, 0.2) is 12.1 Å². The van der Waals surface area contributed by atoms with Crippen LogP contribution >= 0.6 is 11.6 Å². The molecule has 0 atom stereocenters. The zero-order valence-corrected chi connectivity index (χ0v) is 13.2. The molecule has 0 aromatic heterocycles. The van der Waals surface area contributed by atoms with Crippen molar-refractivity contribution in [3.05, 3.63) is 22.7 Å². The van der Waals surface area contributed by atoms with Crippen molar-refractivity contribution in [3.8, 4) is 5.75 Å². The standard InChI is InChI=1S/C15H17ClN2O4/c1-9-7-11(12(22-2)8-10(9)16)17-13(19)5-6-18-14(20)3-4-15(18)21/h7-8H,3-6H2,1-2H3,(H,17,19). The van der Waals surface area contributed by atoms with Gasteiger partial charge >= 0.3 is 0 Å². The molecule has 118 valence electrons. The van der Waals surface area contributed by atoms with Crippen LogP contribution in [0.25, 0.3) is 0 Å². The molecular formula is C15H17ClN2O4. The number of halogens is 1. The largest absolute Gasteiger partial charge is 0.495 e. The fourth-order valence-electron chi connectivity index (χ4n) is 2.23. The highest BCUT2D eigenvalue weighted by Gasteiger charge is 2.28. The van der Waals surface area contributed by atoms with E-state index in [1.165, 1.54) is 7.11 Å². The number of anilines is 1. The number of rotatable bonds is 5. The predicted octanol–water partition coefficient (Wildman–Crippen LogP) is 2.13. The molecule has 0 saturated carbocycles. The van der Waals surface area contributed by atoms with Gasteiger partial charge in [-0.05, 0) is 18.6 Å². The minimum atomic E-state index is -0.299. The minimum Gasteiger partial charge on any atom is -0.495 e. The molecule has 0 aliphatic carbocycles. The first-order valence-corrected chi connectivity index (χ1v) is 7.27. The summed E-state index contributed by atoms with van der Waals surface area (Å²) >= 11 is 6.01. The van der Waals surface area contributed by atoms with Crippen LogP contribution < -0.4 is 10.1 Å². The Balaban J connectivity index is 1.99. The smallest absolute Gasteiger partial charge is 0.229 e. The van der Waals surface area contributed by atoms with Crippen molar-refractivity contribution in [2.45, 2.75) is 26.2 Å². The highest BCUT2D eigenvalue weighted by Crippen LogP contribution is 2.31. The molecule has 0 bridgehead atoms. The Bertz CT molecular complexity index is 614. The van der Waals surface area contributed by atoms with Crippen LogP contribution in [0.2, 0.25) is 5.02 Å². The molecule has 1 heterocycles. The van der Waals surface area contributed by atoms with Crippen LogP contribution in [0.5, 0.6) is 5.75 Å². The number of imide groups is 1. The van der Waals surface area contributed by atoms with Gasteiger partial charge in [-0.1, -0.05) is 11.6 Å². The van der Waals surface area contributed by atoms with Gasteiger partial charge in [-0.3, -0.25) is 19.3 Å². The van der Waals surface area contributed by atoms with E-state index in [4.69, 9.17) is 16.3 Å². The number of aryl methyl sites for hydroxylation is 1. The molecule has 1 aliphatic rings. The summed E-state index contributed by atoms with van der Waals surface area (Å²) in [6, 6.07) is 3.34. The Morgan fingerprint density at radius 2 is 1.95 bits per heavy atom. The van der Waals surface area contributed by atoms with E-state index in [1.807, 2.05) is 6.92 Å². The maximum Gasteiger partial charge on any atom is 0.229 e. The molecular weight excluding hydrogens is 308 g/mol. The molecule has 22 heavy (non-hydrogen) atoms. The average molecular weight is 325 g/mol. The van der Waals surface area contributed by atoms with E-state index in [1.54, 1.807) is 12.1 Å². The number of likely N-dealkylation sites (tertiary alicyclic amines) is 1. The molecule has 1 aromatic rings. The summed E-state index contributed by atoms with van der Waals surface area (Å²) in [6.07, 6.45) is 0.498. The van der Waals surface area contributed by atoms with Crippen molar-refractivity contribution in [2.24, 2.45) is 0 Å². The van der Waals surface area contributed by atoms with Gasteiger partial charge < -0.3 is 10.1 Å². The molecule has 1 saturated heterocycles. The molecule has 3 amide bonds. The SMILES string of the molecule is COc1cc(Cl)c(C)cc1NC(=O)CCN1C(=O)CCC1=O. The van der Waals surface area contributed by atoms with Gasteiger partial charge in [0.05, 0.1) is 12.8 Å². The molecule has 0 unspecified atom stereocenters. The number of amides is 3. The summed E-state index contributed by atoms with van der Waals surface area (Å²) in [4.78, 5) is 36.1. The molecule has 7 heteroatoms. The maximum absolute atomic E-state index is 12.0. The molecule has 0 radical (unpaired) electrons. The second-order valence-corrected chi connectivity index (χ2v) is 5.45. The van der Waals surface area contributed by atoms with E-state index in [2.05, 4.69) is 5.32 Å². The first-order valence-electron chi connectivity index (χ1n) is 6.89. The lowest BCUT2D eigenvalue weighted by molar-refractivity contribution is -0.138. The predicted molar refractivity (Wildman–Crippen MR) is 81.9 cm³/mol. The van der Waals surface area contributed by atoms with E-state index in [0.717, 1.165) is 10.5 Å². The second-order valence-electron chi connectivity index (χ2n) is 5.04. The highest BCUT2D eigenvalue weighted by molar-refractivity contribution is 6.31. The highest BCUT2D eigenvalue weighted by atomic mass is 35.5. The first kappa shape index (κ1) is 16.3. The lowest BCUT2D eigenvalue weighted by Crippen LogP contribution is -2.32. The molecule has 1 aliphatic heterocycles. The van der Waals surface area contributed by atoms with Crippen molar-refractivity contribution >= 4 is 35.0 Å². The number of ether oxygens (including phenoxy) is 1. The van der Waals surface area contributed by atoms with Gasteiger partial charge in [0.15, 0.2) is 0 Å². The van der Waals surface area contributed by atoms with Crippen LogP contribution in [0.3, 0.4) is 0 Å². The Hall–Kier alpha value is -2.08. The van der Waals surface area contributed by atoms with Crippen molar-refractivity contribution in [3.63, 3.8) is 0 Å². The zero-order valence-electron chi connectivity index (χ0n) is 12.4. The van der Waals surface area contributed by atoms with Gasteiger partial charge in [-0.2, -0.15) is 0 Å². The zero-order chi connectivity index (χ0) is 16.3. The summed E-state index contributed by atoms with van der Waals surface area (Å²) in [5.74, 6) is -0.291. The third kappa shape index (κ3) is 3.57. The number of nitrogens with one attached hydrogen (secondary N) is 1. The minimum absolute atomic E-state index is 0.0440. The number of carbonyl (C=O) groups excluding carboxylic acids is 3. The van der Waals surface area contributed by atoms with E-state index in [0.29, 0.717) is 16.5 Å². The van der Waals surface area contributed by atoms with Gasteiger partial charge in [0.2, 0.25) is 17.7 Å². The van der Waals surface area contributed by atoms with E-state index in [9.17, 15) is 14.4 Å². The number of carbonyl (C=O) groups is 3. The van der Waals surface area contributed by atoms with E-state index in [-0.39, 0.29) is 43.5 Å². The topological polar surface area (TPSA) is 75.7 Å². The van der Waals surface area contributed by atoms with E-state index >= 15 is 0 Å². The van der Waals surface area contributed by atoms with Gasteiger partial charge in [0.1, 0.15) is 5.75 Å². The molecule has 0 spiro atoms. The first-order chi connectivity index (χ1) is 10.4. The van der Waals surface area contributed by atoms with Crippen molar-refractivity contribution in [1.29, 1.82) is 0 Å². The fraction of sp³-hybridized carbons (Fsp3) is 0.400. The van der Waals surface area contributed by atoms with Gasteiger partial charge in [0, 0.05) is 36.9 Å². The summed E-state index contributed by atoms with van der Waals surface area (Å²) in [7, 11) is 1.48. The Kier molecular flexibility index (Phi) is 5.03. The molecule has 1 aromatic carbocycles. The quantitative estimate of drug-likeness (QED) is 0.842. The van der Waals surface area contributed by atoms with Crippen LogP contribution in [0, 0.1) is 6.92 Å². The van der Waals surface area contributed by atoms with Crippen molar-refractivity contribution < 1.29 is 19.1 Å². The van der Waals surface area contributed by atoms with Crippen molar-refractivity contribution in [1.82, 2.24) is 4.90 Å². The number of benzene rings is 1. The molecule has 6 nitrogen and oxygen atoms in total. The van der Waals surface area contributed by atoms with Crippen LogP contribution in [-0.2, 0) is 14.4 Å². The maximum atomic E-state index is 12.0. The number of hydrogen-bond donors (Lipinski definition) is 1. The molecule has 1 fully saturated rings. The number of hydrogen-bond acceptors (Lipinski definition) is 4.